The van der Waals surface area contributed by atoms with Crippen LogP contribution in [0.5, 0.6) is 5.75 Å². The first-order chi connectivity index (χ1) is 18.9. The smallest absolute Gasteiger partial charge is 0.508 e. The molecule has 0 bridgehead atoms. The van der Waals surface area contributed by atoms with Gasteiger partial charge in [-0.3, -0.25) is 9.80 Å². The minimum absolute atomic E-state index is 0.0288. The maximum absolute atomic E-state index is 13.0. The minimum atomic E-state index is -0.246. The molecule has 0 aliphatic carbocycles. The van der Waals surface area contributed by atoms with Crippen LogP contribution in [0.3, 0.4) is 0 Å². The predicted molar refractivity (Wildman–Crippen MR) is 157 cm³/mol. The van der Waals surface area contributed by atoms with E-state index in [1.807, 2.05) is 38.3 Å². The number of carbonyl (C=O) groups excluding carboxylic acids is 1. The van der Waals surface area contributed by atoms with Crippen molar-refractivity contribution < 1.29 is 14.6 Å². The molecule has 6 nitrogen and oxygen atoms in total. The number of phenolic OH excluding ortho intramolecular Hbond substituents is 1. The van der Waals surface area contributed by atoms with Crippen molar-refractivity contribution in [1.82, 2.24) is 14.3 Å². The number of amides is 1. The van der Waals surface area contributed by atoms with Crippen LogP contribution in [0.15, 0.2) is 79.0 Å². The second-order valence-electron chi connectivity index (χ2n) is 10.8. The van der Waals surface area contributed by atoms with E-state index in [9.17, 15) is 9.90 Å². The molecule has 1 amide bonds. The van der Waals surface area contributed by atoms with Gasteiger partial charge in [-0.25, -0.2) is 0 Å². The molecule has 5 rings (SSSR count). The Hall–Kier alpha value is -3.45. The van der Waals surface area contributed by atoms with Gasteiger partial charge in [0.05, 0.1) is 19.2 Å². The van der Waals surface area contributed by atoms with E-state index in [1.54, 1.807) is 6.07 Å². The molecule has 1 N–H and O–H groups in total. The van der Waals surface area contributed by atoms with E-state index in [-0.39, 0.29) is 22.4 Å². The van der Waals surface area contributed by atoms with E-state index in [0.29, 0.717) is 25.2 Å². The Labute approximate surface area is 232 Å². The third-order valence-electron chi connectivity index (χ3n) is 8.31. The quantitative estimate of drug-likeness (QED) is 0.354. The topological polar surface area (TPSA) is 53.0 Å². The van der Waals surface area contributed by atoms with Gasteiger partial charge in [0.2, 0.25) is 0 Å². The molecule has 2 heterocycles. The van der Waals surface area contributed by atoms with Crippen LogP contribution in [-0.4, -0.2) is 59.3 Å². The summed E-state index contributed by atoms with van der Waals surface area (Å²) < 4.78 is 5.53. The summed E-state index contributed by atoms with van der Waals surface area (Å²) in [5.74, 6) is 0.269. The summed E-state index contributed by atoms with van der Waals surface area (Å²) in [7, 11) is 0. The lowest BCUT2D eigenvalue weighted by Crippen LogP contribution is -2.56. The fourth-order valence-corrected chi connectivity index (χ4v) is 6.22. The number of carbonyl (C=O) groups is 1. The zero-order valence-electron chi connectivity index (χ0n) is 23.5. The molecular weight excluding hydrogens is 486 g/mol. The SMILES string of the molecule is CCOC(=O)[N+]1(CC)C=Cc2cc([C@@H](c3cccc(O)c3)N3C[C@@H](C)N(Cc4ccccc4)C[C@@H]3C)ccc21. The second kappa shape index (κ2) is 11.3. The van der Waals surface area contributed by atoms with Crippen LogP contribution in [0.4, 0.5) is 10.5 Å². The third-order valence-corrected chi connectivity index (χ3v) is 8.31. The molecule has 3 aromatic carbocycles. The molecular formula is C33H40N3O3+. The number of phenols is 1. The molecule has 6 heteroatoms. The molecule has 204 valence electrons. The van der Waals surface area contributed by atoms with Gasteiger partial charge in [0.1, 0.15) is 11.9 Å². The zero-order chi connectivity index (χ0) is 27.6. The molecule has 3 aromatic rings. The summed E-state index contributed by atoms with van der Waals surface area (Å²) in [6.45, 7) is 12.2. The predicted octanol–water partition coefficient (Wildman–Crippen LogP) is 6.54. The number of aromatic hydroxyl groups is 1. The number of nitrogens with zero attached hydrogens (tertiary/aromatic N) is 3. The molecule has 0 aromatic heterocycles. The Morgan fingerprint density at radius 2 is 1.74 bits per heavy atom. The monoisotopic (exact) mass is 526 g/mol. The van der Waals surface area contributed by atoms with Gasteiger partial charge in [-0.2, -0.15) is 9.28 Å². The van der Waals surface area contributed by atoms with Crippen LogP contribution in [0, 0.1) is 0 Å². The van der Waals surface area contributed by atoms with Crippen LogP contribution in [0.2, 0.25) is 0 Å². The maximum Gasteiger partial charge on any atom is 0.525 e. The Balaban J connectivity index is 1.49. The van der Waals surface area contributed by atoms with Crippen molar-refractivity contribution in [1.29, 1.82) is 0 Å². The average molecular weight is 527 g/mol. The number of hydrogen-bond acceptors (Lipinski definition) is 5. The summed E-state index contributed by atoms with van der Waals surface area (Å²) in [6.07, 6.45) is 3.75. The van der Waals surface area contributed by atoms with E-state index < -0.39 is 0 Å². The maximum atomic E-state index is 13.0. The molecule has 0 radical (unpaired) electrons. The average Bonchev–Trinajstić information content (AvgIpc) is 3.31. The molecule has 2 aliphatic rings. The first-order valence-electron chi connectivity index (χ1n) is 14.1. The Morgan fingerprint density at radius 3 is 2.46 bits per heavy atom. The Bertz CT molecular complexity index is 1340. The van der Waals surface area contributed by atoms with Crippen molar-refractivity contribution in [2.75, 3.05) is 26.2 Å². The van der Waals surface area contributed by atoms with Gasteiger partial charge in [0, 0.05) is 49.4 Å². The van der Waals surface area contributed by atoms with Gasteiger partial charge in [-0.1, -0.05) is 48.5 Å². The lowest BCUT2D eigenvalue weighted by atomic mass is 9.92. The molecule has 4 atom stereocenters. The molecule has 1 unspecified atom stereocenters. The number of quaternary nitrogens is 1. The van der Waals surface area contributed by atoms with Crippen LogP contribution >= 0.6 is 0 Å². The highest BCUT2D eigenvalue weighted by Gasteiger charge is 2.43. The van der Waals surface area contributed by atoms with Gasteiger partial charge in [-0.05, 0) is 62.6 Å². The highest BCUT2D eigenvalue weighted by atomic mass is 16.6. The molecule has 1 fully saturated rings. The van der Waals surface area contributed by atoms with Crippen molar-refractivity contribution in [3.05, 3.63) is 101 Å². The Kier molecular flexibility index (Phi) is 7.89. The van der Waals surface area contributed by atoms with Crippen LogP contribution < -0.4 is 4.48 Å². The van der Waals surface area contributed by atoms with E-state index in [0.717, 1.165) is 42.0 Å². The summed E-state index contributed by atoms with van der Waals surface area (Å²) in [4.78, 5) is 18.1. The number of hydrogen-bond donors (Lipinski definition) is 1. The third kappa shape index (κ3) is 5.24. The number of benzene rings is 3. The Morgan fingerprint density at radius 1 is 0.974 bits per heavy atom. The highest BCUT2D eigenvalue weighted by molar-refractivity contribution is 5.92. The summed E-state index contributed by atoms with van der Waals surface area (Å²) >= 11 is 0. The summed E-state index contributed by atoms with van der Waals surface area (Å²) in [5, 5.41) is 10.4. The van der Waals surface area contributed by atoms with E-state index in [4.69, 9.17) is 4.74 Å². The van der Waals surface area contributed by atoms with Crippen LogP contribution in [-0.2, 0) is 11.3 Å². The first-order valence-corrected chi connectivity index (χ1v) is 14.1. The van der Waals surface area contributed by atoms with Gasteiger partial charge in [0.15, 0.2) is 5.69 Å². The second-order valence-corrected chi connectivity index (χ2v) is 10.8. The van der Waals surface area contributed by atoms with Crippen molar-refractivity contribution in [2.24, 2.45) is 0 Å². The normalized spacial score (nSPS) is 23.9. The number of fused-ring (bicyclic) bond motifs is 1. The van der Waals surface area contributed by atoms with Crippen molar-refractivity contribution in [3.63, 3.8) is 0 Å². The van der Waals surface area contributed by atoms with Gasteiger partial charge < -0.3 is 9.84 Å². The molecule has 1 saturated heterocycles. The fourth-order valence-electron chi connectivity index (χ4n) is 6.22. The van der Waals surface area contributed by atoms with E-state index in [2.05, 4.69) is 78.2 Å². The lowest BCUT2D eigenvalue weighted by Gasteiger charge is -2.47. The standard InChI is InChI=1S/C33H39N3O3/c1-5-36(33(38)39-6-2)18-17-27-19-29(15-16-31(27)36)32(28-13-10-14-30(37)20-28)35-22-24(3)34(21-25(35)4)23-26-11-8-7-9-12-26/h7-20,24-25,32H,5-6,21-23H2,1-4H3/p+1/t24-,25+,32-,36?/m1/s1. The van der Waals surface area contributed by atoms with Gasteiger partial charge >= 0.3 is 6.09 Å². The van der Waals surface area contributed by atoms with Crippen molar-refractivity contribution >= 4 is 17.9 Å². The van der Waals surface area contributed by atoms with Crippen LogP contribution in [0.25, 0.3) is 6.08 Å². The first kappa shape index (κ1) is 27.1. The molecule has 0 spiro atoms. The van der Waals surface area contributed by atoms with Crippen LogP contribution in [0.1, 0.15) is 56.0 Å². The highest BCUT2D eigenvalue weighted by Crippen LogP contribution is 2.41. The van der Waals surface area contributed by atoms with Crippen molar-refractivity contribution in [2.45, 2.75) is 52.4 Å². The van der Waals surface area contributed by atoms with Crippen molar-refractivity contribution in [3.8, 4) is 5.75 Å². The minimum Gasteiger partial charge on any atom is -0.508 e. The summed E-state index contributed by atoms with van der Waals surface area (Å²) in [5.41, 5.74) is 5.53. The molecule has 0 saturated carbocycles. The molecule has 2 aliphatic heterocycles. The number of rotatable bonds is 7. The van der Waals surface area contributed by atoms with E-state index >= 15 is 0 Å². The fraction of sp³-hybridized carbons (Fsp3) is 0.364. The number of piperazine rings is 1. The lowest BCUT2D eigenvalue weighted by molar-refractivity contribution is 0.0195. The van der Waals surface area contributed by atoms with E-state index in [1.165, 1.54) is 5.56 Å². The molecule has 39 heavy (non-hydrogen) atoms. The zero-order valence-corrected chi connectivity index (χ0v) is 23.5. The van der Waals surface area contributed by atoms with Gasteiger partial charge in [-0.15, -0.1) is 0 Å². The summed E-state index contributed by atoms with van der Waals surface area (Å²) in [6, 6.07) is 25.4. The number of ether oxygens (including phenoxy) is 1. The van der Waals surface area contributed by atoms with Gasteiger partial charge in [0.25, 0.3) is 0 Å². The largest absolute Gasteiger partial charge is 0.525 e.